The zero-order valence-electron chi connectivity index (χ0n) is 19.0. The highest BCUT2D eigenvalue weighted by atomic mass is 35.5. The lowest BCUT2D eigenvalue weighted by atomic mass is 10.0. The quantitative estimate of drug-likeness (QED) is 0.208. The molecule has 194 valence electrons. The van der Waals surface area contributed by atoms with Crippen LogP contribution in [-0.4, -0.2) is 18.0 Å². The van der Waals surface area contributed by atoms with E-state index in [0.717, 1.165) is 29.8 Å². The molecule has 12 heteroatoms. The van der Waals surface area contributed by atoms with E-state index in [0.29, 0.717) is 12.0 Å². The van der Waals surface area contributed by atoms with E-state index in [2.05, 4.69) is 26.5 Å². The van der Waals surface area contributed by atoms with Crippen LogP contribution in [-0.2, 0) is 12.7 Å². The van der Waals surface area contributed by atoms with Gasteiger partial charge in [0.05, 0.1) is 18.3 Å². The molecule has 0 radical (unpaired) electrons. The topological polar surface area (TPSA) is 77.5 Å². The predicted molar refractivity (Wildman–Crippen MR) is 128 cm³/mol. The molecule has 4 N–H and O–H groups in total. The second-order valence-electron chi connectivity index (χ2n) is 8.26. The van der Waals surface area contributed by atoms with E-state index >= 15 is 0 Å². The summed E-state index contributed by atoms with van der Waals surface area (Å²) in [6, 6.07) is 13.5. The number of carbonyl (C=O) groups is 1. The number of nitrogens with one attached hydrogen (secondary N) is 4. The van der Waals surface area contributed by atoms with E-state index in [-0.39, 0.29) is 34.9 Å². The van der Waals surface area contributed by atoms with Crippen LogP contribution in [0.2, 0.25) is 5.02 Å². The maximum Gasteiger partial charge on any atom is 0.416 e. The summed E-state index contributed by atoms with van der Waals surface area (Å²) in [6.07, 6.45) is -4.61. The largest absolute Gasteiger partial charge is 0.416 e. The number of carbonyl (C=O) groups excluding carboxylic acids is 1. The maximum absolute atomic E-state index is 13.4. The van der Waals surface area contributed by atoms with Crippen molar-refractivity contribution < 1.29 is 26.7 Å². The zero-order valence-corrected chi connectivity index (χ0v) is 19.8. The molecular formula is C25H21ClF5N5O. The first-order valence-electron chi connectivity index (χ1n) is 11.1. The van der Waals surface area contributed by atoms with Crippen molar-refractivity contribution in [3.05, 3.63) is 106 Å². The number of nitrogens with zero attached hydrogens (tertiary/aromatic N) is 1. The average Bonchev–Trinajstić information content (AvgIpc) is 3.32. The Bertz CT molecular complexity index is 1300. The van der Waals surface area contributed by atoms with Crippen LogP contribution in [0.15, 0.2) is 71.7 Å². The Balaban J connectivity index is 1.52. The van der Waals surface area contributed by atoms with E-state index in [1.165, 1.54) is 30.3 Å². The molecule has 1 heterocycles. The molecular weight excluding hydrogens is 517 g/mol. The number of amides is 1. The van der Waals surface area contributed by atoms with Crippen LogP contribution < -0.4 is 21.5 Å². The van der Waals surface area contributed by atoms with Crippen LogP contribution >= 0.6 is 11.6 Å². The van der Waals surface area contributed by atoms with Crippen molar-refractivity contribution in [3.63, 3.8) is 0 Å². The number of guanidine groups is 1. The number of hydrogen-bond donors (Lipinski definition) is 4. The van der Waals surface area contributed by atoms with Crippen LogP contribution in [0.25, 0.3) is 0 Å². The lowest BCUT2D eigenvalue weighted by molar-refractivity contribution is -0.137. The van der Waals surface area contributed by atoms with E-state index in [1.807, 2.05) is 0 Å². The third-order valence-electron chi connectivity index (χ3n) is 5.59. The number of benzene rings is 3. The molecule has 1 saturated heterocycles. The summed E-state index contributed by atoms with van der Waals surface area (Å²) in [7, 11) is 0. The molecule has 1 amide bonds. The number of aliphatic imine (C=N–C) groups is 1. The van der Waals surface area contributed by atoms with Crippen molar-refractivity contribution in [1.29, 1.82) is 0 Å². The number of rotatable bonds is 5. The van der Waals surface area contributed by atoms with Crippen LogP contribution in [0.5, 0.6) is 0 Å². The normalized spacial score (nSPS) is 18.1. The minimum atomic E-state index is -4.61. The average molecular weight is 538 g/mol. The SMILES string of the molecule is O=C(NC(=NCc1ccc(F)cc1Cl)NC1CC(c2ccc(F)cc2)NN1)c1cccc(C(F)(F)F)c1. The predicted octanol–water partition coefficient (Wildman–Crippen LogP) is 5.08. The molecule has 3 aromatic carbocycles. The molecule has 2 atom stereocenters. The summed E-state index contributed by atoms with van der Waals surface area (Å²) in [5.74, 6) is -1.75. The molecule has 1 fully saturated rings. The second-order valence-corrected chi connectivity index (χ2v) is 8.67. The van der Waals surface area contributed by atoms with Gasteiger partial charge in [-0.15, -0.1) is 0 Å². The summed E-state index contributed by atoms with van der Waals surface area (Å²) in [4.78, 5) is 17.1. The Hall–Kier alpha value is -3.54. The van der Waals surface area contributed by atoms with Gasteiger partial charge in [0.1, 0.15) is 11.6 Å². The molecule has 37 heavy (non-hydrogen) atoms. The van der Waals surface area contributed by atoms with Gasteiger partial charge in [-0.1, -0.05) is 35.9 Å². The van der Waals surface area contributed by atoms with Crippen molar-refractivity contribution in [2.45, 2.75) is 31.3 Å². The highest BCUT2D eigenvalue weighted by Crippen LogP contribution is 2.29. The zero-order chi connectivity index (χ0) is 26.6. The lowest BCUT2D eigenvalue weighted by Crippen LogP contribution is -2.50. The minimum absolute atomic E-state index is 0.0399. The molecule has 6 nitrogen and oxygen atoms in total. The van der Waals surface area contributed by atoms with Gasteiger partial charge in [0, 0.05) is 23.0 Å². The summed E-state index contributed by atoms with van der Waals surface area (Å²) in [5, 5.41) is 5.63. The number of halogens is 6. The van der Waals surface area contributed by atoms with Crippen LogP contribution in [0.4, 0.5) is 22.0 Å². The van der Waals surface area contributed by atoms with Crippen molar-refractivity contribution in [1.82, 2.24) is 21.5 Å². The standard InChI is InChI=1S/C25H21ClF5N5O/c26-20-11-19(28)9-6-16(20)13-32-24(34-23(37)15-2-1-3-17(10-15)25(29,30)31)33-22-12-21(35-36-22)14-4-7-18(27)8-5-14/h1-11,21-22,35-36H,12-13H2,(H2,32,33,34,37). The number of alkyl halides is 3. The van der Waals surface area contributed by atoms with Gasteiger partial charge in [0.15, 0.2) is 5.96 Å². The smallest absolute Gasteiger partial charge is 0.339 e. The van der Waals surface area contributed by atoms with Gasteiger partial charge in [-0.3, -0.25) is 10.1 Å². The first-order chi connectivity index (χ1) is 17.6. The summed E-state index contributed by atoms with van der Waals surface area (Å²) < 4.78 is 65.9. The third kappa shape index (κ3) is 7.03. The highest BCUT2D eigenvalue weighted by Gasteiger charge is 2.31. The van der Waals surface area contributed by atoms with Gasteiger partial charge in [-0.25, -0.2) is 24.6 Å². The number of hydrogen-bond acceptors (Lipinski definition) is 4. The summed E-state index contributed by atoms with van der Waals surface area (Å²) in [5.41, 5.74) is 6.16. The third-order valence-corrected chi connectivity index (χ3v) is 5.95. The fourth-order valence-electron chi connectivity index (χ4n) is 3.68. The molecule has 1 aliphatic rings. The van der Waals surface area contributed by atoms with Crippen LogP contribution in [0.1, 0.15) is 39.5 Å². The fraction of sp³-hybridized carbons (Fsp3) is 0.200. The Morgan fingerprint density at radius 2 is 1.73 bits per heavy atom. The molecule has 0 aliphatic carbocycles. The van der Waals surface area contributed by atoms with E-state index in [1.54, 1.807) is 12.1 Å². The van der Waals surface area contributed by atoms with E-state index in [9.17, 15) is 26.7 Å². The van der Waals surface area contributed by atoms with Gasteiger partial charge in [0.25, 0.3) is 5.91 Å². The van der Waals surface area contributed by atoms with Crippen LogP contribution in [0.3, 0.4) is 0 Å². The maximum atomic E-state index is 13.4. The van der Waals surface area contributed by atoms with Gasteiger partial charge in [0.2, 0.25) is 0 Å². The summed E-state index contributed by atoms with van der Waals surface area (Å²) >= 11 is 6.07. The lowest BCUT2D eigenvalue weighted by Gasteiger charge is -2.17. The molecule has 0 spiro atoms. The van der Waals surface area contributed by atoms with Gasteiger partial charge in [-0.2, -0.15) is 13.2 Å². The highest BCUT2D eigenvalue weighted by molar-refractivity contribution is 6.31. The molecule has 1 aliphatic heterocycles. The first-order valence-corrected chi connectivity index (χ1v) is 11.5. The Labute approximate surface area is 213 Å². The molecule has 4 rings (SSSR count). The van der Waals surface area contributed by atoms with E-state index < -0.39 is 29.6 Å². The second kappa shape index (κ2) is 11.2. The minimum Gasteiger partial charge on any atom is -0.339 e. The molecule has 2 unspecified atom stereocenters. The Kier molecular flexibility index (Phi) is 8.06. The molecule has 3 aromatic rings. The molecule has 0 aromatic heterocycles. The van der Waals surface area contributed by atoms with Crippen LogP contribution in [0, 0.1) is 11.6 Å². The van der Waals surface area contributed by atoms with Gasteiger partial charge < -0.3 is 5.32 Å². The van der Waals surface area contributed by atoms with Crippen molar-refractivity contribution in [3.8, 4) is 0 Å². The van der Waals surface area contributed by atoms with Gasteiger partial charge >= 0.3 is 6.18 Å². The van der Waals surface area contributed by atoms with Crippen molar-refractivity contribution in [2.24, 2.45) is 4.99 Å². The summed E-state index contributed by atoms with van der Waals surface area (Å²) in [6.45, 7) is -0.0497. The Morgan fingerprint density at radius 1 is 1.00 bits per heavy atom. The van der Waals surface area contributed by atoms with Crippen molar-refractivity contribution >= 4 is 23.5 Å². The van der Waals surface area contributed by atoms with E-state index in [4.69, 9.17) is 11.6 Å². The monoisotopic (exact) mass is 537 g/mol. The first kappa shape index (κ1) is 26.5. The fourth-order valence-corrected chi connectivity index (χ4v) is 3.91. The van der Waals surface area contributed by atoms with Crippen molar-refractivity contribution in [2.75, 3.05) is 0 Å². The number of hydrazine groups is 1. The molecule has 0 saturated carbocycles. The van der Waals surface area contributed by atoms with Gasteiger partial charge in [-0.05, 0) is 53.6 Å². The molecule has 0 bridgehead atoms. The Morgan fingerprint density at radius 3 is 2.43 bits per heavy atom.